The van der Waals surface area contributed by atoms with Crippen LogP contribution in [0.2, 0.25) is 0 Å². The molecule has 1 rings (SSSR count). The molecule has 0 saturated carbocycles. The van der Waals surface area contributed by atoms with Crippen LogP contribution in [-0.4, -0.2) is 35.7 Å². The van der Waals surface area contributed by atoms with Gasteiger partial charge < -0.3 is 10.6 Å². The zero-order chi connectivity index (χ0) is 8.27. The van der Waals surface area contributed by atoms with Gasteiger partial charge in [0.05, 0.1) is 5.25 Å². The van der Waals surface area contributed by atoms with E-state index < -0.39 is 0 Å². The lowest BCUT2D eigenvalue weighted by Crippen LogP contribution is -2.35. The molecule has 0 spiro atoms. The molecule has 1 heterocycles. The molecule has 0 aromatic heterocycles. The Balaban J connectivity index is 0.00000121. The van der Waals surface area contributed by atoms with Crippen LogP contribution in [0, 0.1) is 0 Å². The molecule has 1 saturated heterocycles. The van der Waals surface area contributed by atoms with Crippen molar-refractivity contribution in [1.82, 2.24) is 4.90 Å². The maximum Gasteiger partial charge on any atom is 0.231 e. The van der Waals surface area contributed by atoms with Crippen molar-refractivity contribution in [1.29, 1.82) is 0 Å². The molecule has 3 nitrogen and oxygen atoms in total. The molecule has 1 amide bonds. The Labute approximate surface area is 84.5 Å². The first kappa shape index (κ1) is 12.1. The van der Waals surface area contributed by atoms with Crippen molar-refractivity contribution in [3.63, 3.8) is 0 Å². The Morgan fingerprint density at radius 1 is 1.50 bits per heavy atom. The van der Waals surface area contributed by atoms with Gasteiger partial charge in [-0.15, -0.1) is 12.4 Å². The molecule has 1 unspecified atom stereocenters. The highest BCUT2D eigenvalue weighted by molar-refractivity contribution is 7.81. The Kier molecular flexibility index (Phi) is 5.70. The first-order valence-electron chi connectivity index (χ1n) is 3.90. The summed E-state index contributed by atoms with van der Waals surface area (Å²) < 4.78 is 0. The summed E-state index contributed by atoms with van der Waals surface area (Å²) in [6.07, 6.45) is 2.47. The predicted octanol–water partition coefficient (Wildman–Crippen LogP) is 0.288. The lowest BCUT2D eigenvalue weighted by Gasteiger charge is -2.16. The zero-order valence-corrected chi connectivity index (χ0v) is 8.61. The minimum absolute atomic E-state index is 0. The van der Waals surface area contributed by atoms with E-state index in [1.807, 2.05) is 0 Å². The molecule has 0 aliphatic carbocycles. The molecule has 72 valence electrons. The third-order valence-corrected chi connectivity index (χ3v) is 2.38. The van der Waals surface area contributed by atoms with Crippen molar-refractivity contribution < 1.29 is 4.79 Å². The predicted molar refractivity (Wildman–Crippen MR) is 54.9 cm³/mol. The Bertz CT molecular complexity index is 150. The van der Waals surface area contributed by atoms with Gasteiger partial charge in [0.2, 0.25) is 5.91 Å². The monoisotopic (exact) mass is 210 g/mol. The van der Waals surface area contributed by atoms with Crippen LogP contribution in [-0.2, 0) is 4.79 Å². The molecule has 5 heteroatoms. The smallest absolute Gasteiger partial charge is 0.231 e. The lowest BCUT2D eigenvalue weighted by atomic mass is 10.4. The second-order valence-corrected chi connectivity index (χ2v) is 3.55. The van der Waals surface area contributed by atoms with E-state index in [0.717, 1.165) is 13.1 Å². The molecule has 1 fully saturated rings. The summed E-state index contributed by atoms with van der Waals surface area (Å²) in [6.45, 7) is 2.88. The van der Waals surface area contributed by atoms with Crippen LogP contribution in [0.3, 0.4) is 0 Å². The molecule has 1 aliphatic heterocycles. The highest BCUT2D eigenvalue weighted by Gasteiger charge is 2.17. The highest BCUT2D eigenvalue weighted by Crippen LogP contribution is 2.09. The average molecular weight is 211 g/mol. The fraction of sp³-hybridized carbons (Fsp3) is 0.857. The molecule has 1 atom stereocenters. The molecule has 0 aromatic rings. The highest BCUT2D eigenvalue weighted by atomic mass is 35.5. The maximum atomic E-state index is 10.6. The molecule has 0 radical (unpaired) electrons. The summed E-state index contributed by atoms with van der Waals surface area (Å²) in [4.78, 5) is 12.8. The van der Waals surface area contributed by atoms with Gasteiger partial charge >= 0.3 is 0 Å². The van der Waals surface area contributed by atoms with E-state index in [1.165, 1.54) is 12.8 Å². The number of carbonyl (C=O) groups excluding carboxylic acids is 1. The summed E-state index contributed by atoms with van der Waals surface area (Å²) in [6, 6.07) is 0. The van der Waals surface area contributed by atoms with Gasteiger partial charge in [-0.2, -0.15) is 12.6 Å². The molecule has 0 bridgehead atoms. The fourth-order valence-electron chi connectivity index (χ4n) is 1.30. The van der Waals surface area contributed by atoms with E-state index in [-0.39, 0.29) is 23.6 Å². The minimum Gasteiger partial charge on any atom is -0.369 e. The summed E-state index contributed by atoms with van der Waals surface area (Å²) >= 11 is 4.08. The van der Waals surface area contributed by atoms with Crippen molar-refractivity contribution in [3.05, 3.63) is 0 Å². The van der Waals surface area contributed by atoms with Gasteiger partial charge in [0.15, 0.2) is 0 Å². The van der Waals surface area contributed by atoms with Crippen LogP contribution >= 0.6 is 25.0 Å². The van der Waals surface area contributed by atoms with Crippen molar-refractivity contribution in [3.8, 4) is 0 Å². The van der Waals surface area contributed by atoms with Gasteiger partial charge in [0, 0.05) is 6.54 Å². The molecule has 1 aliphatic rings. The van der Waals surface area contributed by atoms with Crippen LogP contribution in [0.4, 0.5) is 0 Å². The number of rotatable bonds is 3. The van der Waals surface area contributed by atoms with Crippen LogP contribution in [0.5, 0.6) is 0 Å². The third kappa shape index (κ3) is 3.65. The standard InChI is InChI=1S/C7H14N2OS.ClH/c8-7(10)6(11)5-9-3-1-2-4-9;/h6,11H,1-5H2,(H2,8,10);1H. The number of likely N-dealkylation sites (tertiary alicyclic amines) is 1. The first-order chi connectivity index (χ1) is 5.20. The lowest BCUT2D eigenvalue weighted by molar-refractivity contribution is -0.117. The van der Waals surface area contributed by atoms with Crippen molar-refractivity contribution >= 4 is 30.9 Å². The number of hydrogen-bond acceptors (Lipinski definition) is 3. The Morgan fingerprint density at radius 3 is 2.42 bits per heavy atom. The second kappa shape index (κ2) is 5.67. The Hall–Kier alpha value is 0.0700. The molecule has 12 heavy (non-hydrogen) atoms. The second-order valence-electron chi connectivity index (χ2n) is 2.93. The largest absolute Gasteiger partial charge is 0.369 e. The van der Waals surface area contributed by atoms with Gasteiger partial charge in [0.1, 0.15) is 0 Å². The number of nitrogens with two attached hydrogens (primary N) is 1. The van der Waals surface area contributed by atoms with Crippen LogP contribution in [0.1, 0.15) is 12.8 Å². The van der Waals surface area contributed by atoms with Crippen LogP contribution < -0.4 is 5.73 Å². The van der Waals surface area contributed by atoms with Gasteiger partial charge in [0.25, 0.3) is 0 Å². The van der Waals surface area contributed by atoms with Crippen molar-refractivity contribution in [2.45, 2.75) is 18.1 Å². The molecule has 2 N–H and O–H groups in total. The Morgan fingerprint density at radius 2 is 2.00 bits per heavy atom. The average Bonchev–Trinajstić information content (AvgIpc) is 2.39. The zero-order valence-electron chi connectivity index (χ0n) is 6.90. The van der Waals surface area contributed by atoms with E-state index in [9.17, 15) is 4.79 Å². The van der Waals surface area contributed by atoms with Gasteiger partial charge in [-0.3, -0.25) is 4.79 Å². The number of thiol groups is 1. The maximum absolute atomic E-state index is 10.6. The molecular formula is C7H15ClN2OS. The number of carbonyl (C=O) groups is 1. The summed E-state index contributed by atoms with van der Waals surface area (Å²) in [5.41, 5.74) is 5.07. The topological polar surface area (TPSA) is 46.3 Å². The van der Waals surface area contributed by atoms with Crippen molar-refractivity contribution in [2.24, 2.45) is 5.73 Å². The molecular weight excluding hydrogens is 196 g/mol. The minimum atomic E-state index is -0.319. The SMILES string of the molecule is Cl.NC(=O)C(S)CN1CCCC1. The summed E-state index contributed by atoms with van der Waals surface area (Å²) in [7, 11) is 0. The number of primary amides is 1. The van der Waals surface area contributed by atoms with Crippen LogP contribution in [0.15, 0.2) is 0 Å². The van der Waals surface area contributed by atoms with Gasteiger partial charge in [-0.05, 0) is 25.9 Å². The van der Waals surface area contributed by atoms with E-state index in [0.29, 0.717) is 6.54 Å². The summed E-state index contributed by atoms with van der Waals surface area (Å²) in [5.74, 6) is -0.319. The number of halogens is 1. The van der Waals surface area contributed by atoms with E-state index in [2.05, 4.69) is 17.5 Å². The van der Waals surface area contributed by atoms with E-state index in [4.69, 9.17) is 5.73 Å². The van der Waals surface area contributed by atoms with E-state index in [1.54, 1.807) is 0 Å². The summed E-state index contributed by atoms with van der Waals surface area (Å²) in [5, 5.41) is -0.298. The normalized spacial score (nSPS) is 20.1. The fourth-order valence-corrected chi connectivity index (χ4v) is 1.53. The first-order valence-corrected chi connectivity index (χ1v) is 4.41. The van der Waals surface area contributed by atoms with Crippen molar-refractivity contribution in [2.75, 3.05) is 19.6 Å². The third-order valence-electron chi connectivity index (χ3n) is 1.96. The van der Waals surface area contributed by atoms with Gasteiger partial charge in [-0.25, -0.2) is 0 Å². The number of amides is 1. The number of hydrogen-bond donors (Lipinski definition) is 2. The quantitative estimate of drug-likeness (QED) is 0.658. The van der Waals surface area contributed by atoms with Crippen LogP contribution in [0.25, 0.3) is 0 Å². The van der Waals surface area contributed by atoms with E-state index >= 15 is 0 Å². The number of nitrogens with zero attached hydrogens (tertiary/aromatic N) is 1. The molecule has 0 aromatic carbocycles. The van der Waals surface area contributed by atoms with Gasteiger partial charge in [-0.1, -0.05) is 0 Å².